The summed E-state index contributed by atoms with van der Waals surface area (Å²) in [5, 5.41) is 16.3. The Labute approximate surface area is 150 Å². The molecule has 0 aliphatic heterocycles. The first kappa shape index (κ1) is 17.3. The number of rotatable bonds is 5. The van der Waals surface area contributed by atoms with E-state index in [4.69, 9.17) is 10.5 Å². The monoisotopic (exact) mass is 353 g/mol. The number of ether oxygens (including phenoxy) is 1. The van der Waals surface area contributed by atoms with Gasteiger partial charge in [-0.25, -0.2) is 0 Å². The summed E-state index contributed by atoms with van der Waals surface area (Å²) in [5.41, 5.74) is 6.88. The number of hydrogen-bond donors (Lipinski definition) is 3. The smallest absolute Gasteiger partial charge is 0.281 e. The second kappa shape index (κ2) is 7.14. The third-order valence-electron chi connectivity index (χ3n) is 3.42. The van der Waals surface area contributed by atoms with Crippen LogP contribution in [0, 0.1) is 0 Å². The Kier molecular flexibility index (Phi) is 4.74. The highest BCUT2D eigenvalue weighted by atomic mass is 16.5. The molecule has 0 atom stereocenters. The number of aromatic hydroxyl groups is 1. The van der Waals surface area contributed by atoms with Crippen LogP contribution < -0.4 is 15.8 Å². The second-order valence-electron chi connectivity index (χ2n) is 5.87. The summed E-state index contributed by atoms with van der Waals surface area (Å²) in [6, 6.07) is 13.1. The van der Waals surface area contributed by atoms with E-state index in [9.17, 15) is 9.90 Å². The first-order chi connectivity index (χ1) is 12.4. The summed E-state index contributed by atoms with van der Waals surface area (Å²) in [7, 11) is 0. The molecule has 1 heterocycles. The molecule has 8 nitrogen and oxygen atoms in total. The van der Waals surface area contributed by atoms with E-state index in [1.807, 2.05) is 13.8 Å². The van der Waals surface area contributed by atoms with Gasteiger partial charge in [-0.1, -0.05) is 0 Å². The SMILES string of the molecule is CC(C)Oc1ccc(C(=O)n2nc(Nc3ccc(O)cc3)nc2N)cc1. The summed E-state index contributed by atoms with van der Waals surface area (Å²) < 4.78 is 6.59. The van der Waals surface area contributed by atoms with Crippen molar-refractivity contribution in [2.24, 2.45) is 0 Å². The Balaban J connectivity index is 1.77. The number of nitrogen functional groups attached to an aromatic ring is 1. The average Bonchev–Trinajstić information content (AvgIpc) is 2.97. The lowest BCUT2D eigenvalue weighted by Gasteiger charge is -2.09. The number of carbonyl (C=O) groups excluding carboxylic acids is 1. The normalized spacial score (nSPS) is 10.7. The molecule has 1 aromatic heterocycles. The van der Waals surface area contributed by atoms with Crippen molar-refractivity contribution in [3.8, 4) is 11.5 Å². The van der Waals surface area contributed by atoms with E-state index in [1.165, 1.54) is 12.1 Å². The predicted octanol–water partition coefficient (Wildman–Crippen LogP) is 2.79. The van der Waals surface area contributed by atoms with Gasteiger partial charge >= 0.3 is 0 Å². The zero-order valence-corrected chi connectivity index (χ0v) is 14.4. The minimum atomic E-state index is -0.398. The molecule has 2 aromatic carbocycles. The van der Waals surface area contributed by atoms with Crippen molar-refractivity contribution >= 4 is 23.5 Å². The number of benzene rings is 2. The maximum Gasteiger partial charge on any atom is 0.281 e. The third kappa shape index (κ3) is 3.92. The molecule has 3 rings (SSSR count). The standard InChI is InChI=1S/C18H19N5O3/c1-11(2)26-15-9-3-12(4-10-15)16(25)23-17(19)21-18(22-23)20-13-5-7-14(24)8-6-13/h3-11,24H,1-2H3,(H3,19,20,21,22). The van der Waals surface area contributed by atoms with Gasteiger partial charge in [0, 0.05) is 11.3 Å². The molecule has 0 spiro atoms. The number of carbonyl (C=O) groups is 1. The molecule has 0 aliphatic carbocycles. The molecular weight excluding hydrogens is 334 g/mol. The van der Waals surface area contributed by atoms with Crippen LogP contribution in [0.25, 0.3) is 0 Å². The van der Waals surface area contributed by atoms with Crippen molar-refractivity contribution < 1.29 is 14.6 Å². The van der Waals surface area contributed by atoms with E-state index in [0.717, 1.165) is 4.68 Å². The highest BCUT2D eigenvalue weighted by molar-refractivity contribution is 5.97. The summed E-state index contributed by atoms with van der Waals surface area (Å²) in [6.45, 7) is 3.86. The summed E-state index contributed by atoms with van der Waals surface area (Å²) in [5.74, 6) is 0.580. The first-order valence-corrected chi connectivity index (χ1v) is 8.02. The molecular formula is C18H19N5O3. The van der Waals surface area contributed by atoms with E-state index in [-0.39, 0.29) is 23.8 Å². The maximum absolute atomic E-state index is 12.6. The topological polar surface area (TPSA) is 115 Å². The van der Waals surface area contributed by atoms with Crippen molar-refractivity contribution in [3.63, 3.8) is 0 Å². The van der Waals surface area contributed by atoms with E-state index >= 15 is 0 Å². The number of phenolic OH excluding ortho intramolecular Hbond substituents is 1. The van der Waals surface area contributed by atoms with Crippen molar-refractivity contribution in [2.75, 3.05) is 11.1 Å². The Morgan fingerprint density at radius 3 is 2.42 bits per heavy atom. The molecule has 0 unspecified atom stereocenters. The zero-order chi connectivity index (χ0) is 18.7. The summed E-state index contributed by atoms with van der Waals surface area (Å²) >= 11 is 0. The Morgan fingerprint density at radius 1 is 1.15 bits per heavy atom. The number of hydrogen-bond acceptors (Lipinski definition) is 7. The fourth-order valence-corrected chi connectivity index (χ4v) is 2.27. The van der Waals surface area contributed by atoms with Crippen LogP contribution in [0.1, 0.15) is 24.2 Å². The van der Waals surface area contributed by atoms with Gasteiger partial charge in [0.15, 0.2) is 0 Å². The zero-order valence-electron chi connectivity index (χ0n) is 14.4. The molecule has 26 heavy (non-hydrogen) atoms. The van der Waals surface area contributed by atoms with Crippen LogP contribution in [0.15, 0.2) is 48.5 Å². The molecule has 8 heteroatoms. The Morgan fingerprint density at radius 2 is 1.81 bits per heavy atom. The van der Waals surface area contributed by atoms with Crippen molar-refractivity contribution in [1.82, 2.24) is 14.8 Å². The fourth-order valence-electron chi connectivity index (χ4n) is 2.27. The van der Waals surface area contributed by atoms with Crippen LogP contribution in [0.5, 0.6) is 11.5 Å². The molecule has 0 fully saturated rings. The van der Waals surface area contributed by atoms with Crippen LogP contribution in [-0.2, 0) is 0 Å². The van der Waals surface area contributed by atoms with E-state index in [1.54, 1.807) is 36.4 Å². The van der Waals surface area contributed by atoms with Crippen LogP contribution in [-0.4, -0.2) is 31.9 Å². The lowest BCUT2D eigenvalue weighted by Crippen LogP contribution is -2.16. The van der Waals surface area contributed by atoms with Gasteiger partial charge < -0.3 is 20.9 Å². The highest BCUT2D eigenvalue weighted by Gasteiger charge is 2.16. The Bertz CT molecular complexity index is 902. The average molecular weight is 353 g/mol. The lowest BCUT2D eigenvalue weighted by molar-refractivity contribution is 0.0948. The van der Waals surface area contributed by atoms with Gasteiger partial charge in [-0.15, -0.1) is 5.10 Å². The largest absolute Gasteiger partial charge is 0.508 e. The second-order valence-corrected chi connectivity index (χ2v) is 5.87. The van der Waals surface area contributed by atoms with Crippen molar-refractivity contribution in [2.45, 2.75) is 20.0 Å². The van der Waals surface area contributed by atoms with Crippen LogP contribution >= 0.6 is 0 Å². The van der Waals surface area contributed by atoms with Gasteiger partial charge in [-0.05, 0) is 62.4 Å². The van der Waals surface area contributed by atoms with Gasteiger partial charge in [0.1, 0.15) is 11.5 Å². The van der Waals surface area contributed by atoms with Crippen molar-refractivity contribution in [1.29, 1.82) is 0 Å². The van der Waals surface area contributed by atoms with Crippen molar-refractivity contribution in [3.05, 3.63) is 54.1 Å². The molecule has 0 saturated carbocycles. The number of aromatic nitrogens is 3. The molecule has 0 aliphatic rings. The third-order valence-corrected chi connectivity index (χ3v) is 3.42. The molecule has 0 amide bonds. The van der Waals surface area contributed by atoms with Gasteiger partial charge in [-0.2, -0.15) is 9.67 Å². The van der Waals surface area contributed by atoms with Gasteiger partial charge in [0.05, 0.1) is 6.10 Å². The summed E-state index contributed by atoms with van der Waals surface area (Å²) in [6.07, 6.45) is 0.0519. The maximum atomic E-state index is 12.6. The predicted molar refractivity (Wildman–Crippen MR) is 97.8 cm³/mol. The number of nitrogens with one attached hydrogen (secondary N) is 1. The van der Waals surface area contributed by atoms with E-state index in [2.05, 4.69) is 15.4 Å². The first-order valence-electron chi connectivity index (χ1n) is 8.02. The summed E-state index contributed by atoms with van der Waals surface area (Å²) in [4.78, 5) is 16.6. The number of anilines is 3. The molecule has 0 bridgehead atoms. The minimum Gasteiger partial charge on any atom is -0.508 e. The molecule has 134 valence electrons. The highest BCUT2D eigenvalue weighted by Crippen LogP contribution is 2.19. The molecule has 0 radical (unpaired) electrons. The van der Waals surface area contributed by atoms with Crippen LogP contribution in [0.4, 0.5) is 17.6 Å². The number of phenols is 1. The molecule has 3 aromatic rings. The van der Waals surface area contributed by atoms with Gasteiger partial charge in [0.2, 0.25) is 11.9 Å². The van der Waals surface area contributed by atoms with Gasteiger partial charge in [0.25, 0.3) is 5.91 Å². The number of nitrogens with zero attached hydrogens (tertiary/aromatic N) is 3. The van der Waals surface area contributed by atoms with Gasteiger partial charge in [-0.3, -0.25) is 4.79 Å². The van der Waals surface area contributed by atoms with E-state index < -0.39 is 5.91 Å². The van der Waals surface area contributed by atoms with Crippen LogP contribution in [0.3, 0.4) is 0 Å². The quantitative estimate of drug-likeness (QED) is 0.604. The number of nitrogens with two attached hydrogens (primary N) is 1. The fraction of sp³-hybridized carbons (Fsp3) is 0.167. The lowest BCUT2D eigenvalue weighted by atomic mass is 10.2. The molecule has 0 saturated heterocycles. The molecule has 4 N–H and O–H groups in total. The minimum absolute atomic E-state index is 0.0289. The Hall–Kier alpha value is -3.55. The van der Waals surface area contributed by atoms with Crippen LogP contribution in [0.2, 0.25) is 0 Å². The van der Waals surface area contributed by atoms with E-state index in [0.29, 0.717) is 17.0 Å².